The van der Waals surface area contributed by atoms with Crippen LogP contribution in [0.3, 0.4) is 0 Å². The van der Waals surface area contributed by atoms with Crippen LogP contribution in [0.2, 0.25) is 0 Å². The first-order valence-electron chi connectivity index (χ1n) is 8.06. The number of carbonyl (C=O) groups is 2. The van der Waals surface area contributed by atoms with Gasteiger partial charge < -0.3 is 15.2 Å². The maximum absolute atomic E-state index is 12.6. The van der Waals surface area contributed by atoms with E-state index in [1.165, 1.54) is 0 Å². The Morgan fingerprint density at radius 3 is 2.19 bits per heavy atom. The number of carbonyl (C=O) groups excluding carboxylic acids is 1. The van der Waals surface area contributed by atoms with Crippen LogP contribution in [0, 0.1) is 0 Å². The predicted molar refractivity (Wildman–Crippen MR) is 98.7 cm³/mol. The van der Waals surface area contributed by atoms with Crippen molar-refractivity contribution in [3.05, 3.63) is 90.0 Å². The largest absolute Gasteiger partial charge is 0.481 e. The maximum Gasteiger partial charge on any atom is 0.307 e. The SMILES string of the molecule is O=C(O)Cc1ccc(NC(=O)c2ccccc2Oc2ccccc2)cc1. The summed E-state index contributed by atoms with van der Waals surface area (Å²) in [4.78, 5) is 23.3. The number of carboxylic acids is 1. The molecule has 0 fully saturated rings. The Labute approximate surface area is 150 Å². The summed E-state index contributed by atoms with van der Waals surface area (Å²) in [6.07, 6.45) is -0.0536. The molecule has 0 aliphatic rings. The lowest BCUT2D eigenvalue weighted by molar-refractivity contribution is -0.136. The van der Waals surface area contributed by atoms with E-state index < -0.39 is 5.97 Å². The van der Waals surface area contributed by atoms with Crippen molar-refractivity contribution in [1.82, 2.24) is 0 Å². The van der Waals surface area contributed by atoms with E-state index in [1.807, 2.05) is 30.3 Å². The van der Waals surface area contributed by atoms with Crippen molar-refractivity contribution >= 4 is 17.6 Å². The van der Waals surface area contributed by atoms with E-state index >= 15 is 0 Å². The van der Waals surface area contributed by atoms with E-state index in [-0.39, 0.29) is 12.3 Å². The fourth-order valence-corrected chi connectivity index (χ4v) is 2.44. The third-order valence-corrected chi connectivity index (χ3v) is 3.67. The number of hydrogen-bond acceptors (Lipinski definition) is 3. The van der Waals surface area contributed by atoms with Gasteiger partial charge in [0.05, 0.1) is 12.0 Å². The van der Waals surface area contributed by atoms with Crippen molar-refractivity contribution in [2.75, 3.05) is 5.32 Å². The van der Waals surface area contributed by atoms with Gasteiger partial charge in [0.2, 0.25) is 0 Å². The highest BCUT2D eigenvalue weighted by Crippen LogP contribution is 2.25. The molecule has 0 heterocycles. The molecule has 0 bridgehead atoms. The molecule has 0 saturated heterocycles. The first-order chi connectivity index (χ1) is 12.6. The number of amides is 1. The second-order valence-electron chi connectivity index (χ2n) is 5.63. The maximum atomic E-state index is 12.6. The minimum absolute atomic E-state index is 0.0536. The topological polar surface area (TPSA) is 75.6 Å². The van der Waals surface area contributed by atoms with Gasteiger partial charge in [-0.05, 0) is 42.0 Å². The number of nitrogens with one attached hydrogen (secondary N) is 1. The highest BCUT2D eigenvalue weighted by molar-refractivity contribution is 6.06. The van der Waals surface area contributed by atoms with Crippen LogP contribution in [0.1, 0.15) is 15.9 Å². The summed E-state index contributed by atoms with van der Waals surface area (Å²) in [5.74, 6) is -0.0965. The summed E-state index contributed by atoms with van der Waals surface area (Å²) in [6.45, 7) is 0. The van der Waals surface area contributed by atoms with Crippen LogP contribution in [-0.2, 0) is 11.2 Å². The fourth-order valence-electron chi connectivity index (χ4n) is 2.44. The Bertz CT molecular complexity index is 905. The molecule has 130 valence electrons. The van der Waals surface area contributed by atoms with E-state index in [9.17, 15) is 9.59 Å². The average Bonchev–Trinajstić information content (AvgIpc) is 2.64. The molecule has 0 unspecified atom stereocenters. The molecule has 3 aromatic carbocycles. The van der Waals surface area contributed by atoms with Gasteiger partial charge in [-0.3, -0.25) is 9.59 Å². The van der Waals surface area contributed by atoms with Crippen molar-refractivity contribution in [3.63, 3.8) is 0 Å². The summed E-state index contributed by atoms with van der Waals surface area (Å²) >= 11 is 0. The standard InChI is InChI=1S/C21H17NO4/c23-20(24)14-15-10-12-16(13-11-15)22-21(25)18-8-4-5-9-19(18)26-17-6-2-1-3-7-17/h1-13H,14H2,(H,22,25)(H,23,24). The molecule has 0 saturated carbocycles. The lowest BCUT2D eigenvalue weighted by Crippen LogP contribution is -2.13. The Balaban J connectivity index is 1.75. The van der Waals surface area contributed by atoms with Gasteiger partial charge >= 0.3 is 5.97 Å². The van der Waals surface area contributed by atoms with Gasteiger partial charge in [0.15, 0.2) is 0 Å². The van der Waals surface area contributed by atoms with Crippen LogP contribution < -0.4 is 10.1 Å². The summed E-state index contributed by atoms with van der Waals surface area (Å²) in [5.41, 5.74) is 1.66. The molecular formula is C21H17NO4. The van der Waals surface area contributed by atoms with E-state index in [0.717, 1.165) is 0 Å². The summed E-state index contributed by atoms with van der Waals surface area (Å²) < 4.78 is 5.81. The number of rotatable bonds is 6. The van der Waals surface area contributed by atoms with Gasteiger partial charge in [-0.1, -0.05) is 42.5 Å². The number of aliphatic carboxylic acids is 1. The van der Waals surface area contributed by atoms with Gasteiger partial charge in [-0.25, -0.2) is 0 Å². The van der Waals surface area contributed by atoms with E-state index in [4.69, 9.17) is 9.84 Å². The molecule has 2 N–H and O–H groups in total. The van der Waals surface area contributed by atoms with Crippen LogP contribution in [-0.4, -0.2) is 17.0 Å². The monoisotopic (exact) mass is 347 g/mol. The Morgan fingerprint density at radius 1 is 0.846 bits per heavy atom. The quantitative estimate of drug-likeness (QED) is 0.695. The van der Waals surface area contributed by atoms with Crippen LogP contribution in [0.25, 0.3) is 0 Å². The zero-order valence-electron chi connectivity index (χ0n) is 13.9. The molecule has 0 atom stereocenters. The molecule has 3 aromatic rings. The van der Waals surface area contributed by atoms with Gasteiger partial charge in [-0.15, -0.1) is 0 Å². The minimum Gasteiger partial charge on any atom is -0.481 e. The van der Waals surface area contributed by atoms with E-state index in [2.05, 4.69) is 5.32 Å². The van der Waals surface area contributed by atoms with Gasteiger partial charge in [-0.2, -0.15) is 0 Å². The van der Waals surface area contributed by atoms with Crippen molar-refractivity contribution < 1.29 is 19.4 Å². The molecule has 5 heteroatoms. The summed E-state index contributed by atoms with van der Waals surface area (Å²) in [6, 6.07) is 22.9. The molecule has 26 heavy (non-hydrogen) atoms. The molecule has 1 amide bonds. The van der Waals surface area contributed by atoms with Crippen molar-refractivity contribution in [3.8, 4) is 11.5 Å². The predicted octanol–water partition coefficient (Wildman–Crippen LogP) is 4.36. The van der Waals surface area contributed by atoms with E-state index in [1.54, 1.807) is 48.5 Å². The second kappa shape index (κ2) is 7.98. The number of hydrogen-bond donors (Lipinski definition) is 2. The highest BCUT2D eigenvalue weighted by Gasteiger charge is 2.13. The Hall–Kier alpha value is -3.60. The lowest BCUT2D eigenvalue weighted by atomic mass is 10.1. The van der Waals surface area contributed by atoms with Crippen LogP contribution in [0.4, 0.5) is 5.69 Å². The highest BCUT2D eigenvalue weighted by atomic mass is 16.5. The third kappa shape index (κ3) is 4.48. The number of anilines is 1. The zero-order valence-corrected chi connectivity index (χ0v) is 13.9. The molecule has 0 aliphatic carbocycles. The smallest absolute Gasteiger partial charge is 0.307 e. The molecule has 5 nitrogen and oxygen atoms in total. The van der Waals surface area contributed by atoms with Crippen molar-refractivity contribution in [2.24, 2.45) is 0 Å². The van der Waals surface area contributed by atoms with Crippen LogP contribution in [0.15, 0.2) is 78.9 Å². The average molecular weight is 347 g/mol. The van der Waals surface area contributed by atoms with Gasteiger partial charge in [0, 0.05) is 5.69 Å². The first kappa shape index (κ1) is 17.2. The van der Waals surface area contributed by atoms with Gasteiger partial charge in [0.1, 0.15) is 11.5 Å². The number of benzene rings is 3. The minimum atomic E-state index is -0.895. The number of ether oxygens (including phenoxy) is 1. The van der Waals surface area contributed by atoms with E-state index in [0.29, 0.717) is 28.3 Å². The zero-order chi connectivity index (χ0) is 18.4. The van der Waals surface area contributed by atoms with Crippen molar-refractivity contribution in [2.45, 2.75) is 6.42 Å². The normalized spacial score (nSPS) is 10.2. The Morgan fingerprint density at radius 2 is 1.50 bits per heavy atom. The molecule has 0 aliphatic heterocycles. The molecule has 0 spiro atoms. The fraction of sp³-hybridized carbons (Fsp3) is 0.0476. The summed E-state index contributed by atoms with van der Waals surface area (Å²) in [7, 11) is 0. The van der Waals surface area contributed by atoms with Crippen molar-refractivity contribution in [1.29, 1.82) is 0 Å². The molecule has 0 aromatic heterocycles. The van der Waals surface area contributed by atoms with Crippen LogP contribution >= 0.6 is 0 Å². The Kier molecular flexibility index (Phi) is 5.29. The molecule has 0 radical (unpaired) electrons. The lowest BCUT2D eigenvalue weighted by Gasteiger charge is -2.11. The third-order valence-electron chi connectivity index (χ3n) is 3.67. The molecular weight excluding hydrogens is 330 g/mol. The second-order valence-corrected chi connectivity index (χ2v) is 5.63. The van der Waals surface area contributed by atoms with Gasteiger partial charge in [0.25, 0.3) is 5.91 Å². The van der Waals surface area contributed by atoms with Crippen LogP contribution in [0.5, 0.6) is 11.5 Å². The first-order valence-corrected chi connectivity index (χ1v) is 8.06. The number of para-hydroxylation sites is 2. The number of carboxylic acid groups (broad SMARTS) is 1. The summed E-state index contributed by atoms with van der Waals surface area (Å²) in [5, 5.41) is 11.6. The molecule has 3 rings (SSSR count).